The molecule has 5 nitrogen and oxygen atoms in total. The summed E-state index contributed by atoms with van der Waals surface area (Å²) in [6, 6.07) is 19.6. The van der Waals surface area contributed by atoms with Gasteiger partial charge in [0.25, 0.3) is 0 Å². The van der Waals surface area contributed by atoms with Gasteiger partial charge < -0.3 is 9.47 Å². The summed E-state index contributed by atoms with van der Waals surface area (Å²) in [7, 11) is 0. The minimum Gasteiger partial charge on any atom is -0.485 e. The fourth-order valence-corrected chi connectivity index (χ4v) is 3.10. The van der Waals surface area contributed by atoms with Crippen LogP contribution in [0, 0.1) is 0 Å². The fraction of sp³-hybridized carbons (Fsp3) is 0.217. The van der Waals surface area contributed by atoms with E-state index in [0.29, 0.717) is 24.0 Å². The Morgan fingerprint density at radius 2 is 1.66 bits per heavy atom. The lowest BCUT2D eigenvalue weighted by molar-refractivity contribution is 0.290. The Morgan fingerprint density at radius 1 is 0.931 bits per heavy atom. The maximum atomic E-state index is 6.04. The van der Waals surface area contributed by atoms with Crippen molar-refractivity contribution in [2.24, 2.45) is 0 Å². The van der Waals surface area contributed by atoms with Crippen molar-refractivity contribution in [2.75, 3.05) is 0 Å². The van der Waals surface area contributed by atoms with E-state index in [2.05, 4.69) is 55.1 Å². The molecule has 0 aliphatic carbocycles. The zero-order chi connectivity index (χ0) is 20.4. The summed E-state index contributed by atoms with van der Waals surface area (Å²) in [6.07, 6.45) is 1.65. The first-order chi connectivity index (χ1) is 13.9. The van der Waals surface area contributed by atoms with Crippen LogP contribution in [-0.4, -0.2) is 14.6 Å². The van der Waals surface area contributed by atoms with E-state index in [-0.39, 0.29) is 10.7 Å². The van der Waals surface area contributed by atoms with E-state index in [1.165, 1.54) is 10.1 Å². The minimum absolute atomic E-state index is 0.131. The number of hydrogen-bond acceptors (Lipinski definition) is 4. The molecule has 4 rings (SSSR count). The monoisotopic (exact) mass is 407 g/mol. The van der Waals surface area contributed by atoms with Crippen LogP contribution < -0.4 is 9.47 Å². The van der Waals surface area contributed by atoms with Crippen LogP contribution in [0.1, 0.15) is 31.9 Å². The Hall–Kier alpha value is -3.05. The molecule has 0 spiro atoms. The highest BCUT2D eigenvalue weighted by atomic mass is 35.5. The van der Waals surface area contributed by atoms with Crippen LogP contribution in [0.25, 0.3) is 5.52 Å². The molecule has 148 valence electrons. The largest absolute Gasteiger partial charge is 0.485 e. The maximum Gasteiger partial charge on any atom is 0.237 e. The molecular formula is C23H22ClN3O2. The predicted octanol–water partition coefficient (Wildman–Crippen LogP) is 6.05. The summed E-state index contributed by atoms with van der Waals surface area (Å²) < 4.78 is 13.5. The number of ether oxygens (including phenoxy) is 2. The number of imidazole rings is 1. The molecule has 0 saturated heterocycles. The van der Waals surface area contributed by atoms with Crippen molar-refractivity contribution in [1.82, 2.24) is 14.6 Å². The average molecular weight is 408 g/mol. The molecule has 0 fully saturated rings. The van der Waals surface area contributed by atoms with Crippen molar-refractivity contribution >= 4 is 17.1 Å². The van der Waals surface area contributed by atoms with Crippen molar-refractivity contribution in [2.45, 2.75) is 32.8 Å². The van der Waals surface area contributed by atoms with Gasteiger partial charge in [-0.1, -0.05) is 57.2 Å². The first-order valence-corrected chi connectivity index (χ1v) is 9.77. The molecule has 29 heavy (non-hydrogen) atoms. The van der Waals surface area contributed by atoms with Gasteiger partial charge in [0.15, 0.2) is 11.5 Å². The minimum atomic E-state index is 0.131. The van der Waals surface area contributed by atoms with Crippen LogP contribution in [0.15, 0.2) is 66.9 Å². The number of halogens is 1. The third kappa shape index (κ3) is 4.35. The van der Waals surface area contributed by atoms with Crippen LogP contribution in [-0.2, 0) is 12.0 Å². The number of nitrogens with zero attached hydrogens (tertiary/aromatic N) is 3. The summed E-state index contributed by atoms with van der Waals surface area (Å²) in [5.41, 5.74) is 3.32. The molecule has 0 amide bonds. The van der Waals surface area contributed by atoms with Crippen LogP contribution in [0.2, 0.25) is 5.28 Å². The normalized spacial score (nSPS) is 11.6. The first kappa shape index (κ1) is 19.3. The molecule has 0 N–H and O–H groups in total. The van der Waals surface area contributed by atoms with Crippen molar-refractivity contribution in [1.29, 1.82) is 0 Å². The summed E-state index contributed by atoms with van der Waals surface area (Å²) in [5, 5.41) is 4.65. The highest BCUT2D eigenvalue weighted by Gasteiger charge is 2.13. The Kier molecular flexibility index (Phi) is 5.16. The van der Waals surface area contributed by atoms with E-state index in [0.717, 1.165) is 11.1 Å². The van der Waals surface area contributed by atoms with E-state index in [4.69, 9.17) is 21.1 Å². The zero-order valence-electron chi connectivity index (χ0n) is 16.6. The molecule has 2 aromatic carbocycles. The van der Waals surface area contributed by atoms with Gasteiger partial charge in [-0.2, -0.15) is 4.52 Å². The van der Waals surface area contributed by atoms with Crippen LogP contribution in [0.4, 0.5) is 0 Å². The highest BCUT2D eigenvalue weighted by molar-refractivity contribution is 6.28. The molecule has 0 bridgehead atoms. The number of fused-ring (bicyclic) bond motifs is 1. The van der Waals surface area contributed by atoms with Crippen molar-refractivity contribution in [3.63, 3.8) is 0 Å². The summed E-state index contributed by atoms with van der Waals surface area (Å²) in [6.45, 7) is 7.06. The molecular weight excluding hydrogens is 386 g/mol. The maximum absolute atomic E-state index is 6.04. The van der Waals surface area contributed by atoms with Crippen molar-refractivity contribution in [3.05, 3.63) is 83.3 Å². The zero-order valence-corrected chi connectivity index (χ0v) is 17.3. The van der Waals surface area contributed by atoms with Crippen LogP contribution in [0.5, 0.6) is 17.4 Å². The van der Waals surface area contributed by atoms with E-state index in [1.807, 2.05) is 30.3 Å². The molecule has 0 aliphatic rings. The second-order valence-corrected chi connectivity index (χ2v) is 8.16. The van der Waals surface area contributed by atoms with Crippen molar-refractivity contribution in [3.8, 4) is 17.4 Å². The fourth-order valence-electron chi connectivity index (χ4n) is 2.92. The molecule has 0 aliphatic heterocycles. The Morgan fingerprint density at radius 3 is 2.38 bits per heavy atom. The smallest absolute Gasteiger partial charge is 0.237 e. The molecule has 0 unspecified atom stereocenters. The quantitative estimate of drug-likeness (QED) is 0.404. The van der Waals surface area contributed by atoms with Gasteiger partial charge in [0.2, 0.25) is 11.2 Å². The Bertz CT molecular complexity index is 1130. The summed E-state index contributed by atoms with van der Waals surface area (Å²) in [5.74, 6) is 1.64. The number of rotatable bonds is 5. The molecule has 0 atom stereocenters. The lowest BCUT2D eigenvalue weighted by atomic mass is 9.87. The summed E-state index contributed by atoms with van der Waals surface area (Å²) >= 11 is 6.04. The van der Waals surface area contributed by atoms with Gasteiger partial charge in [-0.05, 0) is 46.3 Å². The number of hydrogen-bond donors (Lipinski definition) is 0. The van der Waals surface area contributed by atoms with Gasteiger partial charge in [0.1, 0.15) is 6.61 Å². The van der Waals surface area contributed by atoms with Crippen molar-refractivity contribution < 1.29 is 9.47 Å². The molecule has 0 radical (unpaired) electrons. The van der Waals surface area contributed by atoms with Crippen LogP contribution in [0.3, 0.4) is 0 Å². The van der Waals surface area contributed by atoms with E-state index in [1.54, 1.807) is 12.3 Å². The number of aromatic nitrogens is 3. The standard InChI is InChI=1S/C23H22ClN3O2/c1-23(2,3)17-10-8-16(9-11-17)15-28-19-6-4-5-7-20(19)29-21-13-12-18-14-25-22(24)27(18)26-21/h4-14H,15H2,1-3H3. The van der Waals surface area contributed by atoms with Gasteiger partial charge in [0, 0.05) is 6.07 Å². The lowest BCUT2D eigenvalue weighted by Crippen LogP contribution is -2.10. The van der Waals surface area contributed by atoms with E-state index < -0.39 is 0 Å². The molecule has 4 aromatic rings. The highest BCUT2D eigenvalue weighted by Crippen LogP contribution is 2.31. The van der Waals surface area contributed by atoms with Gasteiger partial charge in [-0.15, -0.1) is 5.10 Å². The van der Waals surface area contributed by atoms with Gasteiger partial charge in [-0.3, -0.25) is 0 Å². The van der Waals surface area contributed by atoms with Crippen LogP contribution >= 0.6 is 11.6 Å². The second-order valence-electron chi connectivity index (χ2n) is 7.82. The van der Waals surface area contributed by atoms with Gasteiger partial charge in [-0.25, -0.2) is 4.98 Å². The average Bonchev–Trinajstić information content (AvgIpc) is 3.07. The second kappa shape index (κ2) is 7.76. The summed E-state index contributed by atoms with van der Waals surface area (Å²) in [4.78, 5) is 4.03. The Labute approximate surface area is 174 Å². The topological polar surface area (TPSA) is 48.7 Å². The van der Waals surface area contributed by atoms with E-state index in [9.17, 15) is 0 Å². The first-order valence-electron chi connectivity index (χ1n) is 9.39. The Balaban J connectivity index is 1.50. The third-order valence-corrected chi connectivity index (χ3v) is 4.85. The third-order valence-electron chi connectivity index (χ3n) is 4.60. The number of para-hydroxylation sites is 2. The SMILES string of the molecule is CC(C)(C)c1ccc(COc2ccccc2Oc2ccc3cnc(Cl)n3n2)cc1. The van der Waals surface area contributed by atoms with Gasteiger partial charge in [0.05, 0.1) is 11.7 Å². The lowest BCUT2D eigenvalue weighted by Gasteiger charge is -2.19. The predicted molar refractivity (Wildman–Crippen MR) is 114 cm³/mol. The molecule has 2 heterocycles. The van der Waals surface area contributed by atoms with Gasteiger partial charge >= 0.3 is 0 Å². The molecule has 0 saturated carbocycles. The van der Waals surface area contributed by atoms with E-state index >= 15 is 0 Å². The molecule has 2 aromatic heterocycles. The number of benzene rings is 2. The molecule has 6 heteroatoms.